The number of nitrogens with one attached hydrogen (secondary N) is 2. The first-order chi connectivity index (χ1) is 12.8. The molecule has 0 saturated carbocycles. The van der Waals surface area contributed by atoms with E-state index in [1.807, 2.05) is 38.1 Å². The molecule has 1 amide bonds. The second-order valence-corrected chi connectivity index (χ2v) is 8.39. The van der Waals surface area contributed by atoms with E-state index >= 15 is 0 Å². The van der Waals surface area contributed by atoms with Crippen molar-refractivity contribution in [2.75, 3.05) is 20.2 Å². The number of ether oxygens (including phenoxy) is 1. The van der Waals surface area contributed by atoms with Gasteiger partial charge in [-0.3, -0.25) is 4.79 Å². The predicted octanol–water partition coefficient (Wildman–Crippen LogP) is 2.60. The molecule has 0 aliphatic rings. The van der Waals surface area contributed by atoms with Crippen molar-refractivity contribution in [3.63, 3.8) is 0 Å². The molecule has 0 aliphatic heterocycles. The topological polar surface area (TPSA) is 84.5 Å². The molecule has 0 aromatic heterocycles. The summed E-state index contributed by atoms with van der Waals surface area (Å²) in [7, 11) is -2.04. The number of hydrogen-bond acceptors (Lipinski definition) is 4. The van der Waals surface area contributed by atoms with Gasteiger partial charge >= 0.3 is 0 Å². The van der Waals surface area contributed by atoms with Crippen LogP contribution in [0, 0.1) is 5.92 Å². The SMILES string of the molecule is COc1cccc(CCNS(=O)(=O)c2ccc(C(=O)NCC(C)C)cc2)c1. The average Bonchev–Trinajstić information content (AvgIpc) is 2.66. The van der Waals surface area contributed by atoms with Crippen molar-refractivity contribution in [1.82, 2.24) is 10.0 Å². The highest BCUT2D eigenvalue weighted by Gasteiger charge is 2.14. The van der Waals surface area contributed by atoms with Crippen molar-refractivity contribution in [3.05, 3.63) is 59.7 Å². The molecule has 0 saturated heterocycles. The van der Waals surface area contributed by atoms with Gasteiger partial charge in [-0.2, -0.15) is 0 Å². The molecule has 2 aromatic rings. The zero-order valence-electron chi connectivity index (χ0n) is 15.9. The minimum absolute atomic E-state index is 0.133. The van der Waals surface area contributed by atoms with Gasteiger partial charge in [0, 0.05) is 18.7 Å². The van der Waals surface area contributed by atoms with Crippen LogP contribution in [0.2, 0.25) is 0 Å². The Morgan fingerprint density at radius 2 is 1.81 bits per heavy atom. The third-order valence-corrected chi connectivity index (χ3v) is 5.41. The predicted molar refractivity (Wildman–Crippen MR) is 105 cm³/mol. The Bertz CT molecular complexity index is 862. The summed E-state index contributed by atoms with van der Waals surface area (Å²) in [5, 5.41) is 2.80. The molecule has 27 heavy (non-hydrogen) atoms. The first-order valence-electron chi connectivity index (χ1n) is 8.82. The van der Waals surface area contributed by atoms with Crippen molar-refractivity contribution in [1.29, 1.82) is 0 Å². The van der Waals surface area contributed by atoms with Crippen molar-refractivity contribution >= 4 is 15.9 Å². The molecule has 0 radical (unpaired) electrons. The number of carbonyl (C=O) groups is 1. The smallest absolute Gasteiger partial charge is 0.251 e. The summed E-state index contributed by atoms with van der Waals surface area (Å²) in [6, 6.07) is 13.4. The van der Waals surface area contributed by atoms with Crippen LogP contribution in [0.3, 0.4) is 0 Å². The van der Waals surface area contributed by atoms with Gasteiger partial charge < -0.3 is 10.1 Å². The second kappa shape index (κ2) is 9.53. The van der Waals surface area contributed by atoms with Gasteiger partial charge in [0.15, 0.2) is 0 Å². The number of carbonyl (C=O) groups excluding carboxylic acids is 1. The Kier molecular flexibility index (Phi) is 7.38. The van der Waals surface area contributed by atoms with Gasteiger partial charge in [0.2, 0.25) is 10.0 Å². The quantitative estimate of drug-likeness (QED) is 0.689. The van der Waals surface area contributed by atoms with E-state index in [0.717, 1.165) is 11.3 Å². The third-order valence-electron chi connectivity index (χ3n) is 3.94. The Hall–Kier alpha value is -2.38. The lowest BCUT2D eigenvalue weighted by Gasteiger charge is -2.10. The summed E-state index contributed by atoms with van der Waals surface area (Å²) in [6.07, 6.45) is 0.548. The lowest BCUT2D eigenvalue weighted by atomic mass is 10.1. The Labute approximate surface area is 161 Å². The van der Waals surface area contributed by atoms with Crippen LogP contribution in [0.5, 0.6) is 5.75 Å². The number of amides is 1. The lowest BCUT2D eigenvalue weighted by Crippen LogP contribution is -2.28. The highest BCUT2D eigenvalue weighted by molar-refractivity contribution is 7.89. The lowest BCUT2D eigenvalue weighted by molar-refractivity contribution is 0.0949. The summed E-state index contributed by atoms with van der Waals surface area (Å²) in [5.74, 6) is 0.878. The molecule has 2 N–H and O–H groups in total. The average molecular weight is 391 g/mol. The summed E-state index contributed by atoms with van der Waals surface area (Å²) in [6.45, 7) is 4.86. The maximum Gasteiger partial charge on any atom is 0.251 e. The molecular weight excluding hydrogens is 364 g/mol. The fourth-order valence-corrected chi connectivity index (χ4v) is 3.46. The van der Waals surface area contributed by atoms with Crippen LogP contribution < -0.4 is 14.8 Å². The molecule has 0 bridgehead atoms. The number of rotatable bonds is 9. The molecular formula is C20H26N2O4S. The highest BCUT2D eigenvalue weighted by atomic mass is 32.2. The number of methoxy groups -OCH3 is 1. The first-order valence-corrected chi connectivity index (χ1v) is 10.3. The molecule has 0 heterocycles. The van der Waals surface area contributed by atoms with Crippen molar-refractivity contribution in [3.8, 4) is 5.75 Å². The van der Waals surface area contributed by atoms with Gasteiger partial charge in [-0.25, -0.2) is 13.1 Å². The minimum atomic E-state index is -3.63. The third kappa shape index (κ3) is 6.37. The zero-order valence-corrected chi connectivity index (χ0v) is 16.7. The van der Waals surface area contributed by atoms with Crippen LogP contribution in [-0.4, -0.2) is 34.5 Å². The van der Waals surface area contributed by atoms with E-state index in [0.29, 0.717) is 24.4 Å². The summed E-state index contributed by atoms with van der Waals surface area (Å²) >= 11 is 0. The number of sulfonamides is 1. The van der Waals surface area contributed by atoms with Crippen LogP contribution in [0.15, 0.2) is 53.4 Å². The summed E-state index contributed by atoms with van der Waals surface area (Å²) in [4.78, 5) is 12.1. The molecule has 0 unspecified atom stereocenters. The van der Waals surface area contributed by atoms with Gasteiger partial charge in [-0.1, -0.05) is 26.0 Å². The van der Waals surface area contributed by atoms with E-state index in [1.54, 1.807) is 7.11 Å². The molecule has 0 spiro atoms. The van der Waals surface area contributed by atoms with Gasteiger partial charge in [0.05, 0.1) is 12.0 Å². The van der Waals surface area contributed by atoms with Crippen LogP contribution in [0.4, 0.5) is 0 Å². The van der Waals surface area contributed by atoms with Gasteiger partial charge in [0.1, 0.15) is 5.75 Å². The maximum atomic E-state index is 12.4. The molecule has 0 fully saturated rings. The first kappa shape index (κ1) is 20.9. The van der Waals surface area contributed by atoms with E-state index < -0.39 is 10.0 Å². The zero-order chi connectivity index (χ0) is 19.9. The van der Waals surface area contributed by atoms with E-state index in [9.17, 15) is 13.2 Å². The molecule has 2 rings (SSSR count). The van der Waals surface area contributed by atoms with E-state index in [-0.39, 0.29) is 17.3 Å². The van der Waals surface area contributed by atoms with Crippen molar-refractivity contribution < 1.29 is 17.9 Å². The van der Waals surface area contributed by atoms with E-state index in [1.165, 1.54) is 24.3 Å². The fraction of sp³-hybridized carbons (Fsp3) is 0.350. The van der Waals surface area contributed by atoms with Gasteiger partial charge in [-0.15, -0.1) is 0 Å². The second-order valence-electron chi connectivity index (χ2n) is 6.63. The van der Waals surface area contributed by atoms with Crippen LogP contribution in [-0.2, 0) is 16.4 Å². The molecule has 0 atom stereocenters. The largest absolute Gasteiger partial charge is 0.497 e. The highest BCUT2D eigenvalue weighted by Crippen LogP contribution is 2.14. The fourth-order valence-electron chi connectivity index (χ4n) is 2.43. The Balaban J connectivity index is 1.94. The van der Waals surface area contributed by atoms with E-state index in [2.05, 4.69) is 10.0 Å². The van der Waals surface area contributed by atoms with Crippen LogP contribution >= 0.6 is 0 Å². The van der Waals surface area contributed by atoms with E-state index in [4.69, 9.17) is 4.74 Å². The maximum absolute atomic E-state index is 12.4. The normalized spacial score (nSPS) is 11.4. The number of benzene rings is 2. The Morgan fingerprint density at radius 3 is 2.44 bits per heavy atom. The standard InChI is InChI=1S/C20H26N2O4S/c1-15(2)14-21-20(23)17-7-9-19(10-8-17)27(24,25)22-12-11-16-5-4-6-18(13-16)26-3/h4-10,13,15,22H,11-12,14H2,1-3H3,(H,21,23). The van der Waals surface area contributed by atoms with Crippen LogP contribution in [0.25, 0.3) is 0 Å². The molecule has 6 nitrogen and oxygen atoms in total. The monoisotopic (exact) mass is 390 g/mol. The van der Waals surface area contributed by atoms with Crippen molar-refractivity contribution in [2.45, 2.75) is 25.2 Å². The molecule has 2 aromatic carbocycles. The Morgan fingerprint density at radius 1 is 1.11 bits per heavy atom. The number of hydrogen-bond donors (Lipinski definition) is 2. The molecule has 0 aliphatic carbocycles. The van der Waals surface area contributed by atoms with Gasteiger partial charge in [0.25, 0.3) is 5.91 Å². The van der Waals surface area contributed by atoms with Gasteiger partial charge in [-0.05, 0) is 54.3 Å². The summed E-state index contributed by atoms with van der Waals surface area (Å²) < 4.78 is 32.6. The van der Waals surface area contributed by atoms with Crippen molar-refractivity contribution in [2.24, 2.45) is 5.92 Å². The molecule has 7 heteroatoms. The molecule has 146 valence electrons. The summed E-state index contributed by atoms with van der Waals surface area (Å²) in [5.41, 5.74) is 1.42. The minimum Gasteiger partial charge on any atom is -0.497 e. The van der Waals surface area contributed by atoms with Crippen LogP contribution in [0.1, 0.15) is 29.8 Å².